The molecular weight excluding hydrogens is 855 g/mol. The Balaban J connectivity index is 0.00000604. The Kier molecular flexibility index (Phi) is 12.6. The van der Waals surface area contributed by atoms with Gasteiger partial charge in [0, 0.05) is 67.1 Å². The van der Waals surface area contributed by atoms with Crippen LogP contribution in [0.3, 0.4) is 0 Å². The van der Waals surface area contributed by atoms with Crippen molar-refractivity contribution in [3.8, 4) is 11.5 Å². The number of halogens is 1. The van der Waals surface area contributed by atoms with Gasteiger partial charge in [-0.25, -0.2) is 4.98 Å². The molecule has 8 rings (SSSR count). The van der Waals surface area contributed by atoms with E-state index in [2.05, 4.69) is 20.8 Å². The molecule has 6 N–H and O–H groups in total. The van der Waals surface area contributed by atoms with Crippen LogP contribution in [0.15, 0.2) is 27.6 Å². The van der Waals surface area contributed by atoms with Crippen LogP contribution < -0.4 is 61.6 Å². The van der Waals surface area contributed by atoms with Gasteiger partial charge in [0.15, 0.2) is 27.9 Å². The van der Waals surface area contributed by atoms with Gasteiger partial charge in [-0.05, 0) is 13.8 Å². The fourth-order valence-electron chi connectivity index (χ4n) is 8.60. The first-order valence-electron chi connectivity index (χ1n) is 18.7. The van der Waals surface area contributed by atoms with Gasteiger partial charge < -0.3 is 65.2 Å². The second-order valence-electron chi connectivity index (χ2n) is 16.3. The Morgan fingerprint density at radius 2 is 1.82 bits per heavy atom. The van der Waals surface area contributed by atoms with Crippen LogP contribution in [0.5, 0.6) is 11.5 Å². The summed E-state index contributed by atoms with van der Waals surface area (Å²) in [5.41, 5.74) is 2.53. The number of aromatic hydroxyl groups is 2. The zero-order chi connectivity index (χ0) is 42.9. The van der Waals surface area contributed by atoms with Crippen molar-refractivity contribution < 1.29 is 83.3 Å². The largest absolute Gasteiger partial charge is 1.00 e. The fourth-order valence-corrected chi connectivity index (χ4v) is 11.0. The molecule has 0 saturated carbocycles. The molecule has 5 aliphatic rings. The van der Waals surface area contributed by atoms with Crippen molar-refractivity contribution in [3.63, 3.8) is 0 Å². The number of phenolic OH excluding ortho intramolecular Hbond substituents is 2. The van der Waals surface area contributed by atoms with Gasteiger partial charge in [0.25, 0.3) is 11.8 Å². The summed E-state index contributed by atoms with van der Waals surface area (Å²) in [5, 5.41) is 53.8. The molecule has 2 unspecified atom stereocenters. The van der Waals surface area contributed by atoms with E-state index in [0.717, 1.165) is 30.6 Å². The molecule has 23 heteroatoms. The average Bonchev–Trinajstić information content (AvgIpc) is 3.62. The number of rotatable bonds is 12. The summed E-state index contributed by atoms with van der Waals surface area (Å²) in [6, 6.07) is -1.20. The van der Waals surface area contributed by atoms with Crippen molar-refractivity contribution in [1.82, 2.24) is 25.1 Å². The van der Waals surface area contributed by atoms with Crippen molar-refractivity contribution in [1.29, 1.82) is 0 Å². The molecule has 0 spiro atoms. The second-order valence-corrected chi connectivity index (χ2v) is 19.1. The Labute approximate surface area is 378 Å². The third-order valence-electron chi connectivity index (χ3n) is 12.3. The number of aliphatic carboxylic acids is 2. The Morgan fingerprint density at radius 3 is 2.40 bits per heavy atom. The van der Waals surface area contributed by atoms with Gasteiger partial charge >= 0.3 is 29.6 Å². The van der Waals surface area contributed by atoms with Gasteiger partial charge in [0.1, 0.15) is 22.7 Å². The molecule has 60 heavy (non-hydrogen) atoms. The zero-order valence-electron chi connectivity index (χ0n) is 33.4. The third kappa shape index (κ3) is 8.04. The number of anilines is 1. The number of carboxylic acid groups (broad SMARTS) is 2. The maximum atomic E-state index is 13.7. The van der Waals surface area contributed by atoms with E-state index in [1.165, 1.54) is 52.7 Å². The van der Waals surface area contributed by atoms with Crippen LogP contribution in [0.1, 0.15) is 56.1 Å². The topological polar surface area (TPSA) is 282 Å². The molecule has 2 aromatic heterocycles. The maximum absolute atomic E-state index is 13.7. The SMILES string of the molecule is C[C@@H]1S[C@@H]2[C@H](NC(=O)/C(=N\OC(C)(C)C(=O)[O-])c3csc(N)n3)C(=O)N2C(C(=O)[O-])C1C[N+]12CCC(CNC(=O)c3cn(C)c4cc(O)c(O)c(Cl)c4c3=O)(CC1)CC2.[Na+]. The van der Waals surface area contributed by atoms with E-state index in [-0.39, 0.29) is 72.5 Å². The number of nitrogen functional groups attached to an aromatic ring is 1. The number of carboxylic acids is 2. The van der Waals surface area contributed by atoms with E-state index in [9.17, 15) is 49.2 Å². The van der Waals surface area contributed by atoms with Gasteiger partial charge in [-0.3, -0.25) is 19.2 Å². The first kappa shape index (κ1) is 45.4. The van der Waals surface area contributed by atoms with Crippen LogP contribution >= 0.6 is 34.7 Å². The summed E-state index contributed by atoms with van der Waals surface area (Å²) >= 11 is 8.57. The number of nitrogens with one attached hydrogen (secondary N) is 2. The number of β-lactam (4-membered cyclic amide) rings is 1. The van der Waals surface area contributed by atoms with Gasteiger partial charge in [-0.1, -0.05) is 23.7 Å². The minimum Gasteiger partial charge on any atom is -0.548 e. The maximum Gasteiger partial charge on any atom is 1.00 e. The summed E-state index contributed by atoms with van der Waals surface area (Å²) in [6.45, 7) is 7.13. The normalized spacial score (nSPS) is 27.4. The van der Waals surface area contributed by atoms with Gasteiger partial charge in [-0.2, -0.15) is 0 Å². The average molecular weight is 897 g/mol. The number of benzene rings is 1. The number of hydrogen-bond acceptors (Lipinski definition) is 16. The number of nitrogens with zero attached hydrogens (tertiary/aromatic N) is 5. The number of aromatic nitrogens is 2. The van der Waals surface area contributed by atoms with E-state index >= 15 is 0 Å². The molecule has 5 saturated heterocycles. The number of carbonyl (C=O) groups is 5. The van der Waals surface area contributed by atoms with Crippen LogP contribution in [0.25, 0.3) is 10.9 Å². The summed E-state index contributed by atoms with van der Waals surface area (Å²) in [5.74, 6) is -6.76. The molecule has 7 heterocycles. The van der Waals surface area contributed by atoms with Crippen LogP contribution in [0.2, 0.25) is 5.02 Å². The predicted molar refractivity (Wildman–Crippen MR) is 211 cm³/mol. The number of carbonyl (C=O) groups excluding carboxylic acids is 5. The smallest absolute Gasteiger partial charge is 0.548 e. The number of amides is 3. The van der Waals surface area contributed by atoms with Crippen molar-refractivity contribution in [3.05, 3.63) is 44.1 Å². The quantitative estimate of drug-likeness (QED) is 0.0289. The molecular formula is C37H42ClN8NaO11S2. The standard InChI is InChI=1S/C37H43ClN8O11S2.Na/c1-16-18(26(33(53)54)45-31(52)25(32(45)59-16)42-30(51)24(19-14-58-35(39)41-19)43-57-36(2,3)34(55)56)13-46-8-5-37(6-9-46,7-10-46)15-40-29(50)17-12-44(4)20-11-21(47)28(49)23(38)22(20)27(17)48;/h11-12,14,16,18,25-26,32H,5-10,13,15H2,1-4H3,(H7-,39,40,41,42,43,47,48,49,50,51,53,54,55,56);/q;+1/p-1/t16-,18?,25+,26?,32+,37?,46?;/m0./s1. The number of thiazole rings is 1. The van der Waals surface area contributed by atoms with Crippen molar-refractivity contribution in [2.24, 2.45) is 23.5 Å². The first-order valence-corrected chi connectivity index (χ1v) is 20.9. The number of thioether (sulfide) groups is 1. The number of oxime groups is 1. The van der Waals surface area contributed by atoms with E-state index in [4.69, 9.17) is 22.2 Å². The summed E-state index contributed by atoms with van der Waals surface area (Å²) in [6.07, 6.45) is 3.54. The van der Waals surface area contributed by atoms with Crippen LogP contribution in [0, 0.1) is 11.3 Å². The number of nitrogens with two attached hydrogens (primary N) is 1. The number of pyridine rings is 1. The summed E-state index contributed by atoms with van der Waals surface area (Å²) in [7, 11) is 1.59. The minimum absolute atomic E-state index is 0. The Morgan fingerprint density at radius 1 is 1.17 bits per heavy atom. The number of phenols is 2. The van der Waals surface area contributed by atoms with Crippen molar-refractivity contribution in [2.45, 2.75) is 68.3 Å². The minimum atomic E-state index is -1.91. The molecule has 5 aliphatic heterocycles. The third-order valence-corrected chi connectivity index (χ3v) is 14.9. The molecule has 5 fully saturated rings. The number of aryl methyl sites for hydroxylation is 1. The van der Waals surface area contributed by atoms with Crippen molar-refractivity contribution >= 4 is 86.1 Å². The Bertz CT molecular complexity index is 2370. The van der Waals surface area contributed by atoms with E-state index in [0.29, 0.717) is 37.2 Å². The van der Waals surface area contributed by atoms with Gasteiger partial charge in [-0.15, -0.1) is 23.1 Å². The van der Waals surface area contributed by atoms with Gasteiger partial charge in [0.2, 0.25) is 11.3 Å². The summed E-state index contributed by atoms with van der Waals surface area (Å²) in [4.78, 5) is 88.7. The molecule has 3 amide bonds. The predicted octanol–water partition coefficient (Wildman–Crippen LogP) is -4.15. The number of piperidine rings is 3. The van der Waals surface area contributed by atoms with E-state index in [1.54, 1.807) is 7.05 Å². The monoisotopic (exact) mass is 896 g/mol. The molecule has 1 aromatic carbocycles. The first-order chi connectivity index (χ1) is 27.7. The number of fused-ring (bicyclic) bond motifs is 5. The van der Waals surface area contributed by atoms with E-state index < -0.39 is 81.3 Å². The van der Waals surface area contributed by atoms with Crippen molar-refractivity contribution in [2.75, 3.05) is 38.5 Å². The van der Waals surface area contributed by atoms with E-state index in [1.807, 2.05) is 6.92 Å². The second kappa shape index (κ2) is 16.6. The molecule has 0 radical (unpaired) electrons. The number of quaternary nitrogens is 1. The van der Waals surface area contributed by atoms with Crippen LogP contribution in [0.4, 0.5) is 5.13 Å². The Hall–Kier alpha value is -4.12. The molecule has 316 valence electrons. The molecule has 19 nitrogen and oxygen atoms in total. The molecule has 5 atom stereocenters. The number of hydrogen-bond donors (Lipinski definition) is 5. The molecule has 2 bridgehead atoms. The zero-order valence-corrected chi connectivity index (χ0v) is 37.7. The summed E-state index contributed by atoms with van der Waals surface area (Å²) < 4.78 is 2.10. The van der Waals surface area contributed by atoms with Crippen LogP contribution in [-0.4, -0.2) is 126 Å². The fraction of sp³-hybridized carbons (Fsp3) is 0.514. The van der Waals surface area contributed by atoms with Gasteiger partial charge in [0.05, 0.1) is 60.1 Å². The molecule has 3 aromatic rings. The molecule has 0 aliphatic carbocycles. The van der Waals surface area contributed by atoms with Crippen LogP contribution in [-0.2, 0) is 31.1 Å².